The van der Waals surface area contributed by atoms with Gasteiger partial charge in [0.2, 0.25) is 0 Å². The lowest BCUT2D eigenvalue weighted by molar-refractivity contribution is 0.208. The van der Waals surface area contributed by atoms with Crippen molar-refractivity contribution in [2.24, 2.45) is 5.92 Å². The van der Waals surface area contributed by atoms with E-state index in [-0.39, 0.29) is 5.82 Å². The Morgan fingerprint density at radius 3 is 2.73 bits per heavy atom. The highest BCUT2D eigenvalue weighted by Gasteiger charge is 2.13. The molecule has 81 valence electrons. The lowest BCUT2D eigenvalue weighted by Gasteiger charge is -2.21. The predicted octanol–water partition coefficient (Wildman–Crippen LogP) is 3.58. The largest absolute Gasteiger partial charge is 0.493 e. The first kappa shape index (κ1) is 10.5. The lowest BCUT2D eigenvalue weighted by atomic mass is 9.90. The summed E-state index contributed by atoms with van der Waals surface area (Å²) in [4.78, 5) is 0. The van der Waals surface area contributed by atoms with Crippen molar-refractivity contribution >= 4 is 0 Å². The van der Waals surface area contributed by atoms with Gasteiger partial charge in [0.25, 0.3) is 0 Å². The van der Waals surface area contributed by atoms with Crippen LogP contribution in [0.25, 0.3) is 0 Å². The zero-order valence-electron chi connectivity index (χ0n) is 8.84. The van der Waals surface area contributed by atoms with Crippen LogP contribution in [0, 0.1) is 17.8 Å². The van der Waals surface area contributed by atoms with Gasteiger partial charge in [-0.15, -0.1) is 0 Å². The number of ether oxygens (including phenoxy) is 1. The minimum Gasteiger partial charge on any atom is -0.493 e. The van der Waals surface area contributed by atoms with Gasteiger partial charge in [-0.25, -0.2) is 4.39 Å². The molecule has 1 aliphatic rings. The molecule has 0 atom stereocenters. The Hall–Kier alpha value is -1.05. The molecule has 0 heterocycles. The van der Waals surface area contributed by atoms with E-state index < -0.39 is 0 Å². The van der Waals surface area contributed by atoms with Gasteiger partial charge in [0.05, 0.1) is 6.61 Å². The van der Waals surface area contributed by atoms with E-state index in [0.717, 1.165) is 6.61 Å². The highest BCUT2D eigenvalue weighted by atomic mass is 19.1. The number of hydrogen-bond acceptors (Lipinski definition) is 1. The average molecular weight is 207 g/mol. The van der Waals surface area contributed by atoms with E-state index in [1.165, 1.54) is 44.2 Å². The Balaban J connectivity index is 1.79. The molecule has 0 amide bonds. The quantitative estimate of drug-likeness (QED) is 0.736. The maximum absolute atomic E-state index is 12.6. The van der Waals surface area contributed by atoms with Gasteiger partial charge in [0.1, 0.15) is 11.6 Å². The van der Waals surface area contributed by atoms with Crippen LogP contribution >= 0.6 is 0 Å². The molecule has 0 bridgehead atoms. The van der Waals surface area contributed by atoms with Crippen molar-refractivity contribution in [1.29, 1.82) is 0 Å². The van der Waals surface area contributed by atoms with Crippen LogP contribution in [0.5, 0.6) is 5.75 Å². The first-order chi connectivity index (χ1) is 7.34. The maximum Gasteiger partial charge on any atom is 0.127 e. The molecule has 1 aromatic rings. The minimum atomic E-state index is -0.264. The molecule has 0 saturated heterocycles. The van der Waals surface area contributed by atoms with E-state index in [0.29, 0.717) is 11.7 Å². The zero-order valence-corrected chi connectivity index (χ0v) is 8.84. The second kappa shape index (κ2) is 5.15. The summed E-state index contributed by atoms with van der Waals surface area (Å²) in [5, 5.41) is 0. The third-order valence-electron chi connectivity index (χ3n) is 2.95. The van der Waals surface area contributed by atoms with Crippen LogP contribution in [-0.2, 0) is 0 Å². The zero-order chi connectivity index (χ0) is 10.5. The monoisotopic (exact) mass is 207 g/mol. The third kappa shape index (κ3) is 3.22. The summed E-state index contributed by atoms with van der Waals surface area (Å²) >= 11 is 0. The van der Waals surface area contributed by atoms with Crippen LogP contribution in [0.4, 0.5) is 4.39 Å². The molecule has 1 aliphatic carbocycles. The molecule has 0 N–H and O–H groups in total. The van der Waals surface area contributed by atoms with Gasteiger partial charge in [-0.2, -0.15) is 0 Å². The average Bonchev–Trinajstić information content (AvgIpc) is 2.30. The van der Waals surface area contributed by atoms with Gasteiger partial charge in [0.15, 0.2) is 0 Å². The Morgan fingerprint density at radius 1 is 1.27 bits per heavy atom. The summed E-state index contributed by atoms with van der Waals surface area (Å²) in [6.45, 7) is 0.752. The molecule has 0 spiro atoms. The maximum atomic E-state index is 12.6. The first-order valence-electron chi connectivity index (χ1n) is 5.64. The predicted molar refractivity (Wildman–Crippen MR) is 57.3 cm³/mol. The molecule has 0 unspecified atom stereocenters. The Bertz CT molecular complexity index is 288. The number of benzene rings is 1. The highest BCUT2D eigenvalue weighted by molar-refractivity contribution is 5.20. The Kier molecular flexibility index (Phi) is 3.59. The molecule has 0 aromatic heterocycles. The van der Waals surface area contributed by atoms with Gasteiger partial charge in [-0.3, -0.25) is 0 Å². The molecule has 1 nitrogen and oxygen atoms in total. The lowest BCUT2D eigenvalue weighted by Crippen LogP contribution is -2.15. The summed E-state index contributed by atoms with van der Waals surface area (Å²) in [7, 11) is 0. The molecule has 1 saturated carbocycles. The van der Waals surface area contributed by atoms with Crippen LogP contribution in [-0.4, -0.2) is 6.61 Å². The van der Waals surface area contributed by atoms with Gasteiger partial charge < -0.3 is 4.74 Å². The summed E-state index contributed by atoms with van der Waals surface area (Å²) in [5.74, 6) is 1.07. The fraction of sp³-hybridized carbons (Fsp3) is 0.538. The van der Waals surface area contributed by atoms with Crippen molar-refractivity contribution < 1.29 is 9.13 Å². The number of rotatable bonds is 3. The topological polar surface area (TPSA) is 9.23 Å². The minimum absolute atomic E-state index is 0.264. The smallest absolute Gasteiger partial charge is 0.127 e. The van der Waals surface area contributed by atoms with E-state index in [2.05, 4.69) is 6.07 Å². The molecule has 1 fully saturated rings. The summed E-state index contributed by atoms with van der Waals surface area (Å²) < 4.78 is 18.2. The van der Waals surface area contributed by atoms with Crippen molar-refractivity contribution in [1.82, 2.24) is 0 Å². The molecule has 15 heavy (non-hydrogen) atoms. The number of halogens is 1. The van der Waals surface area contributed by atoms with Crippen molar-refractivity contribution in [3.63, 3.8) is 0 Å². The Morgan fingerprint density at radius 2 is 2.07 bits per heavy atom. The summed E-state index contributed by atoms with van der Waals surface area (Å²) in [6, 6.07) is 7.14. The van der Waals surface area contributed by atoms with Crippen LogP contribution < -0.4 is 4.74 Å². The summed E-state index contributed by atoms with van der Waals surface area (Å²) in [6.07, 6.45) is 6.53. The van der Waals surface area contributed by atoms with Crippen molar-refractivity contribution in [2.75, 3.05) is 6.61 Å². The first-order valence-corrected chi connectivity index (χ1v) is 5.64. The highest BCUT2D eigenvalue weighted by Crippen LogP contribution is 2.24. The van der Waals surface area contributed by atoms with Gasteiger partial charge >= 0.3 is 0 Å². The SMILES string of the molecule is Fc1c[c]c(OCC2CCCCC2)cc1. The molecular formula is C13H16FO. The van der Waals surface area contributed by atoms with Crippen LogP contribution in [0.1, 0.15) is 32.1 Å². The van der Waals surface area contributed by atoms with E-state index >= 15 is 0 Å². The number of hydrogen-bond donors (Lipinski definition) is 0. The molecule has 2 heteroatoms. The van der Waals surface area contributed by atoms with Gasteiger partial charge in [-0.05, 0) is 37.0 Å². The third-order valence-corrected chi connectivity index (χ3v) is 2.95. The van der Waals surface area contributed by atoms with Crippen LogP contribution in [0.15, 0.2) is 18.2 Å². The molecule has 1 aromatic carbocycles. The van der Waals surface area contributed by atoms with E-state index in [4.69, 9.17) is 4.74 Å². The van der Waals surface area contributed by atoms with Crippen LogP contribution in [0.2, 0.25) is 0 Å². The van der Waals surface area contributed by atoms with E-state index in [9.17, 15) is 4.39 Å². The standard InChI is InChI=1S/C13H16FO/c14-12-6-8-13(9-7-12)15-10-11-4-2-1-3-5-11/h6-8,11H,1-5,10H2. The van der Waals surface area contributed by atoms with Crippen LogP contribution in [0.3, 0.4) is 0 Å². The van der Waals surface area contributed by atoms with Crippen molar-refractivity contribution in [3.05, 3.63) is 30.1 Å². The Labute approximate surface area is 90.3 Å². The van der Waals surface area contributed by atoms with E-state index in [1.54, 1.807) is 6.07 Å². The van der Waals surface area contributed by atoms with E-state index in [1.807, 2.05) is 0 Å². The molecular weight excluding hydrogens is 191 g/mol. The second-order valence-corrected chi connectivity index (χ2v) is 4.19. The van der Waals surface area contributed by atoms with Gasteiger partial charge in [-0.1, -0.05) is 19.3 Å². The normalized spacial score (nSPS) is 17.7. The fourth-order valence-corrected chi connectivity index (χ4v) is 2.04. The second-order valence-electron chi connectivity index (χ2n) is 4.19. The van der Waals surface area contributed by atoms with Gasteiger partial charge in [0, 0.05) is 6.07 Å². The molecule has 0 aliphatic heterocycles. The molecule has 1 radical (unpaired) electrons. The molecule has 2 rings (SSSR count). The fourth-order valence-electron chi connectivity index (χ4n) is 2.04. The van der Waals surface area contributed by atoms with Crippen molar-refractivity contribution in [3.8, 4) is 5.75 Å². The van der Waals surface area contributed by atoms with Crippen molar-refractivity contribution in [2.45, 2.75) is 32.1 Å². The summed E-state index contributed by atoms with van der Waals surface area (Å²) in [5.41, 5.74) is 0.